The van der Waals surface area contributed by atoms with Gasteiger partial charge in [-0.3, -0.25) is 9.59 Å². The van der Waals surface area contributed by atoms with Crippen LogP contribution < -0.4 is 5.32 Å². The van der Waals surface area contributed by atoms with Gasteiger partial charge in [0.05, 0.1) is 18.6 Å². The van der Waals surface area contributed by atoms with Crippen molar-refractivity contribution in [3.63, 3.8) is 0 Å². The van der Waals surface area contributed by atoms with Crippen LogP contribution in [-0.2, 0) is 22.4 Å². The van der Waals surface area contributed by atoms with Crippen LogP contribution in [0.3, 0.4) is 0 Å². The predicted octanol–water partition coefficient (Wildman–Crippen LogP) is 4.52. The Bertz CT molecular complexity index is 908. The normalized spacial score (nSPS) is 12.0. The second-order valence-corrected chi connectivity index (χ2v) is 6.67. The van der Waals surface area contributed by atoms with Gasteiger partial charge < -0.3 is 10.1 Å². The summed E-state index contributed by atoms with van der Waals surface area (Å²) in [4.78, 5) is 24.4. The molecule has 0 radical (unpaired) electrons. The first-order valence-corrected chi connectivity index (χ1v) is 9.02. The van der Waals surface area contributed by atoms with E-state index in [9.17, 15) is 14.0 Å². The zero-order chi connectivity index (χ0) is 18.7. The Morgan fingerprint density at radius 1 is 1.31 bits per heavy atom. The van der Waals surface area contributed by atoms with Gasteiger partial charge in [-0.25, -0.2) is 4.39 Å². The summed E-state index contributed by atoms with van der Waals surface area (Å²) in [6.45, 7) is 2.02. The fraction of sp³-hybridized carbons (Fsp3) is 0.200. The van der Waals surface area contributed by atoms with E-state index in [1.165, 1.54) is 6.07 Å². The zero-order valence-electron chi connectivity index (χ0n) is 14.1. The lowest BCUT2D eigenvalue weighted by molar-refractivity contribution is -0.142. The average molecular weight is 418 g/mol. The van der Waals surface area contributed by atoms with Gasteiger partial charge in [0.2, 0.25) is 0 Å². The standard InChI is InChI=1S/C20H17BrFNO3/c1-2-26-18(24)10-12-6-3-4-9-17(12)23-20(25)15-11-16(21)13-7-5-8-14(13)19(15)22/h3-6,8-9,11H,2,7,10H2,1H3,(H,23,25). The van der Waals surface area contributed by atoms with Crippen molar-refractivity contribution in [3.8, 4) is 0 Å². The van der Waals surface area contributed by atoms with Crippen molar-refractivity contribution >= 4 is 39.6 Å². The smallest absolute Gasteiger partial charge is 0.310 e. The second-order valence-electron chi connectivity index (χ2n) is 5.81. The van der Waals surface area contributed by atoms with Crippen molar-refractivity contribution in [2.45, 2.75) is 19.8 Å². The molecule has 0 bridgehead atoms. The highest BCUT2D eigenvalue weighted by Gasteiger charge is 2.22. The van der Waals surface area contributed by atoms with Crippen LogP contribution in [0.1, 0.15) is 34.0 Å². The van der Waals surface area contributed by atoms with Crippen LogP contribution in [0, 0.1) is 5.82 Å². The maximum atomic E-state index is 14.7. The molecule has 0 saturated heterocycles. The number of halogens is 2. The molecule has 0 spiro atoms. The lowest BCUT2D eigenvalue weighted by atomic mass is 10.0. The minimum absolute atomic E-state index is 0.0311. The van der Waals surface area contributed by atoms with Crippen LogP contribution in [0.4, 0.5) is 10.1 Å². The van der Waals surface area contributed by atoms with E-state index in [0.717, 1.165) is 5.56 Å². The highest BCUT2D eigenvalue weighted by Crippen LogP contribution is 2.32. The lowest BCUT2D eigenvalue weighted by Gasteiger charge is -2.13. The van der Waals surface area contributed by atoms with Crippen LogP contribution in [0.2, 0.25) is 0 Å². The Hall–Kier alpha value is -2.47. The summed E-state index contributed by atoms with van der Waals surface area (Å²) in [5.41, 5.74) is 2.29. The summed E-state index contributed by atoms with van der Waals surface area (Å²) in [5.74, 6) is -1.49. The Morgan fingerprint density at radius 2 is 2.08 bits per heavy atom. The molecule has 1 amide bonds. The molecule has 0 fully saturated rings. The number of fused-ring (bicyclic) bond motifs is 1. The number of hydrogen-bond acceptors (Lipinski definition) is 3. The minimum Gasteiger partial charge on any atom is -0.466 e. The Labute approximate surface area is 159 Å². The van der Waals surface area contributed by atoms with Crippen molar-refractivity contribution in [3.05, 3.63) is 69.0 Å². The van der Waals surface area contributed by atoms with Gasteiger partial charge in [-0.2, -0.15) is 0 Å². The van der Waals surface area contributed by atoms with Crippen molar-refractivity contribution in [2.24, 2.45) is 0 Å². The monoisotopic (exact) mass is 417 g/mol. The number of carbonyl (C=O) groups is 2. The van der Waals surface area contributed by atoms with Crippen LogP contribution in [0.25, 0.3) is 6.08 Å². The number of ether oxygens (including phenoxy) is 1. The van der Waals surface area contributed by atoms with Crippen molar-refractivity contribution in [1.29, 1.82) is 0 Å². The zero-order valence-corrected chi connectivity index (χ0v) is 15.7. The number of para-hydroxylation sites is 1. The van der Waals surface area contributed by atoms with Crippen LogP contribution in [0.15, 0.2) is 40.9 Å². The third kappa shape index (κ3) is 3.70. The van der Waals surface area contributed by atoms with Crippen LogP contribution in [0.5, 0.6) is 0 Å². The molecule has 3 rings (SSSR count). The predicted molar refractivity (Wildman–Crippen MR) is 102 cm³/mol. The van der Waals surface area contributed by atoms with Gasteiger partial charge >= 0.3 is 5.97 Å². The van der Waals surface area contributed by atoms with E-state index in [1.807, 2.05) is 6.08 Å². The van der Waals surface area contributed by atoms with Gasteiger partial charge in [-0.05, 0) is 36.6 Å². The lowest BCUT2D eigenvalue weighted by Crippen LogP contribution is -2.17. The molecular weight excluding hydrogens is 401 g/mol. The Morgan fingerprint density at radius 3 is 2.85 bits per heavy atom. The molecule has 1 aliphatic rings. The van der Waals surface area contributed by atoms with Gasteiger partial charge in [0, 0.05) is 15.7 Å². The highest BCUT2D eigenvalue weighted by atomic mass is 79.9. The maximum absolute atomic E-state index is 14.7. The molecule has 1 N–H and O–H groups in total. The number of benzene rings is 2. The van der Waals surface area contributed by atoms with Gasteiger partial charge in [0.1, 0.15) is 5.82 Å². The molecule has 134 valence electrons. The summed E-state index contributed by atoms with van der Waals surface area (Å²) in [5, 5.41) is 2.70. The summed E-state index contributed by atoms with van der Waals surface area (Å²) in [7, 11) is 0. The summed E-state index contributed by atoms with van der Waals surface area (Å²) in [6, 6.07) is 8.39. The number of nitrogens with one attached hydrogen (secondary N) is 1. The molecule has 4 nitrogen and oxygen atoms in total. The fourth-order valence-electron chi connectivity index (χ4n) is 2.88. The molecule has 2 aromatic rings. The van der Waals surface area contributed by atoms with Crippen molar-refractivity contribution in [1.82, 2.24) is 0 Å². The van der Waals surface area contributed by atoms with E-state index in [-0.39, 0.29) is 24.6 Å². The van der Waals surface area contributed by atoms with E-state index < -0.39 is 11.7 Å². The molecule has 0 unspecified atom stereocenters. The highest BCUT2D eigenvalue weighted by molar-refractivity contribution is 9.10. The third-order valence-corrected chi connectivity index (χ3v) is 4.82. The van der Waals surface area contributed by atoms with Gasteiger partial charge in [-0.15, -0.1) is 0 Å². The van der Waals surface area contributed by atoms with Crippen LogP contribution >= 0.6 is 15.9 Å². The fourth-order valence-corrected chi connectivity index (χ4v) is 3.48. The Balaban J connectivity index is 1.87. The van der Waals surface area contributed by atoms with Gasteiger partial charge in [0.25, 0.3) is 5.91 Å². The molecule has 0 atom stereocenters. The number of allylic oxidation sites excluding steroid dienone is 1. The van der Waals surface area contributed by atoms with E-state index in [4.69, 9.17) is 4.74 Å². The second kappa shape index (κ2) is 7.83. The molecule has 0 aliphatic heterocycles. The molecule has 0 aromatic heterocycles. The molecular formula is C20H17BrFNO3. The van der Waals surface area contributed by atoms with E-state index in [2.05, 4.69) is 21.2 Å². The van der Waals surface area contributed by atoms with E-state index in [0.29, 0.717) is 27.7 Å². The van der Waals surface area contributed by atoms with Gasteiger partial charge in [-0.1, -0.05) is 46.3 Å². The number of rotatable bonds is 5. The van der Waals surface area contributed by atoms with Gasteiger partial charge in [0.15, 0.2) is 0 Å². The average Bonchev–Trinajstić information content (AvgIpc) is 3.10. The van der Waals surface area contributed by atoms with E-state index >= 15 is 0 Å². The molecule has 6 heteroatoms. The summed E-state index contributed by atoms with van der Waals surface area (Å²) >= 11 is 3.40. The number of anilines is 1. The number of carbonyl (C=O) groups excluding carboxylic acids is 2. The summed E-state index contributed by atoms with van der Waals surface area (Å²) in [6.07, 6.45) is 4.20. The molecule has 0 saturated carbocycles. The maximum Gasteiger partial charge on any atom is 0.310 e. The first-order valence-electron chi connectivity index (χ1n) is 8.23. The Kier molecular flexibility index (Phi) is 5.52. The number of hydrogen-bond donors (Lipinski definition) is 1. The molecule has 2 aromatic carbocycles. The van der Waals surface area contributed by atoms with Crippen molar-refractivity contribution < 1.29 is 18.7 Å². The number of amides is 1. The number of esters is 1. The van der Waals surface area contributed by atoms with Crippen LogP contribution in [-0.4, -0.2) is 18.5 Å². The quantitative estimate of drug-likeness (QED) is 0.727. The first kappa shape index (κ1) is 18.3. The third-order valence-electron chi connectivity index (χ3n) is 4.11. The van der Waals surface area contributed by atoms with Crippen molar-refractivity contribution in [2.75, 3.05) is 11.9 Å². The molecule has 1 aliphatic carbocycles. The molecule has 0 heterocycles. The topological polar surface area (TPSA) is 55.4 Å². The molecule has 26 heavy (non-hydrogen) atoms. The SMILES string of the molecule is CCOC(=O)Cc1ccccc1NC(=O)c1cc(Br)c2c(c1F)C=CC2. The first-order chi connectivity index (χ1) is 12.5. The minimum atomic E-state index is -0.567. The van der Waals surface area contributed by atoms with E-state index in [1.54, 1.807) is 37.3 Å². The summed E-state index contributed by atoms with van der Waals surface area (Å²) < 4.78 is 20.4. The largest absolute Gasteiger partial charge is 0.466 e.